The van der Waals surface area contributed by atoms with Crippen molar-refractivity contribution in [3.05, 3.63) is 83.4 Å². The van der Waals surface area contributed by atoms with Gasteiger partial charge in [-0.25, -0.2) is 4.99 Å². The van der Waals surface area contributed by atoms with Crippen LogP contribution in [0.25, 0.3) is 0 Å². The summed E-state index contributed by atoms with van der Waals surface area (Å²) in [5, 5.41) is 40.3. The second-order valence-electron chi connectivity index (χ2n) is 7.70. The fourth-order valence-corrected chi connectivity index (χ4v) is 3.31. The summed E-state index contributed by atoms with van der Waals surface area (Å²) in [5.74, 6) is -1.26. The summed E-state index contributed by atoms with van der Waals surface area (Å²) in [6, 6.07) is 18.4. The van der Waals surface area contributed by atoms with E-state index in [0.29, 0.717) is 37.7 Å². The van der Waals surface area contributed by atoms with Gasteiger partial charge in [-0.15, -0.1) is 0 Å². The van der Waals surface area contributed by atoms with Gasteiger partial charge >= 0.3 is 0 Å². The average molecular weight is 494 g/mol. The van der Waals surface area contributed by atoms with E-state index in [1.807, 2.05) is 30.3 Å². The number of hydrogen-bond donors (Lipinski definition) is 5. The summed E-state index contributed by atoms with van der Waals surface area (Å²) in [6.07, 6.45) is 0.727. The van der Waals surface area contributed by atoms with Gasteiger partial charge in [0.25, 0.3) is 5.91 Å². The van der Waals surface area contributed by atoms with Gasteiger partial charge in [0.15, 0.2) is 23.0 Å². The Hall–Kier alpha value is -4.73. The minimum atomic E-state index is -0.510. The highest BCUT2D eigenvalue weighted by Crippen LogP contribution is 2.29. The molecule has 1 heterocycles. The smallest absolute Gasteiger partial charge is 0.255 e. The number of rotatable bonds is 8. The topological polar surface area (TPSA) is 152 Å². The molecule has 4 rings (SSSR count). The van der Waals surface area contributed by atoms with Crippen LogP contribution in [-0.4, -0.2) is 69.8 Å². The van der Waals surface area contributed by atoms with Crippen molar-refractivity contribution in [3.8, 4) is 23.0 Å². The molecule has 0 spiro atoms. The third-order valence-corrected chi connectivity index (χ3v) is 5.15. The van der Waals surface area contributed by atoms with Crippen molar-refractivity contribution in [1.29, 1.82) is 0 Å². The lowest BCUT2D eigenvalue weighted by Gasteiger charge is -2.17. The van der Waals surface area contributed by atoms with E-state index in [1.54, 1.807) is 12.1 Å². The molecule has 1 aliphatic rings. The SMILES string of the molecule is O=CN(CCNC(=O)c1cccc(O)c1O)Cc1ccccc1.Oc1cccc(C2=NCCO2)c1O. The summed E-state index contributed by atoms with van der Waals surface area (Å²) in [7, 11) is 0. The molecular weight excluding hydrogens is 466 g/mol. The predicted octanol–water partition coefficient (Wildman–Crippen LogP) is 2.36. The van der Waals surface area contributed by atoms with Crippen LogP contribution < -0.4 is 5.32 Å². The summed E-state index contributed by atoms with van der Waals surface area (Å²) in [4.78, 5) is 28.6. The van der Waals surface area contributed by atoms with Crippen LogP contribution >= 0.6 is 0 Å². The molecule has 0 aromatic heterocycles. The molecule has 5 N–H and O–H groups in total. The Morgan fingerprint density at radius 2 is 1.64 bits per heavy atom. The zero-order valence-corrected chi connectivity index (χ0v) is 19.4. The molecule has 3 aromatic rings. The number of nitrogens with one attached hydrogen (secondary N) is 1. The number of carbonyl (C=O) groups is 2. The van der Waals surface area contributed by atoms with Crippen LogP contribution in [0.1, 0.15) is 21.5 Å². The molecule has 3 aromatic carbocycles. The molecular formula is C26H27N3O7. The van der Waals surface area contributed by atoms with Crippen LogP contribution in [0.5, 0.6) is 23.0 Å². The van der Waals surface area contributed by atoms with Gasteiger partial charge < -0.3 is 35.4 Å². The molecule has 1 aliphatic heterocycles. The molecule has 0 bridgehead atoms. The standard InChI is InChI=1S/C17H18N2O4.C9H9NO3/c20-12-19(11-13-5-2-1-3-6-13)10-9-18-17(23)14-7-4-8-15(21)16(14)22;11-7-3-1-2-6(8(7)12)9-10-4-5-13-9/h1-8,12,21-22H,9-11H2,(H,18,23);1-3,11-12H,4-5H2. The van der Waals surface area contributed by atoms with Gasteiger partial charge in [0.2, 0.25) is 12.3 Å². The zero-order valence-electron chi connectivity index (χ0n) is 19.4. The van der Waals surface area contributed by atoms with Gasteiger partial charge in [0, 0.05) is 19.6 Å². The van der Waals surface area contributed by atoms with E-state index in [-0.39, 0.29) is 29.4 Å². The van der Waals surface area contributed by atoms with Crippen LogP contribution in [0.15, 0.2) is 71.7 Å². The number of aromatic hydroxyl groups is 4. The fourth-order valence-electron chi connectivity index (χ4n) is 3.31. The number of nitrogens with zero attached hydrogens (tertiary/aromatic N) is 2. The number of hydrogen-bond acceptors (Lipinski definition) is 8. The van der Waals surface area contributed by atoms with E-state index < -0.39 is 11.7 Å². The Balaban J connectivity index is 0.000000233. The fraction of sp³-hybridized carbons (Fsp3) is 0.192. The Morgan fingerprint density at radius 3 is 2.31 bits per heavy atom. The third-order valence-electron chi connectivity index (χ3n) is 5.15. The highest BCUT2D eigenvalue weighted by atomic mass is 16.5. The Labute approximate surface area is 207 Å². The second kappa shape index (κ2) is 12.7. The maximum atomic E-state index is 12.0. The monoisotopic (exact) mass is 493 g/mol. The molecule has 0 unspecified atom stereocenters. The van der Waals surface area contributed by atoms with Crippen molar-refractivity contribution >= 4 is 18.2 Å². The van der Waals surface area contributed by atoms with Crippen molar-refractivity contribution in [2.45, 2.75) is 6.54 Å². The van der Waals surface area contributed by atoms with Crippen LogP contribution in [-0.2, 0) is 16.1 Å². The van der Waals surface area contributed by atoms with E-state index in [9.17, 15) is 30.0 Å². The van der Waals surface area contributed by atoms with Crippen LogP contribution in [0.4, 0.5) is 0 Å². The van der Waals surface area contributed by atoms with Gasteiger partial charge in [0.1, 0.15) is 6.61 Å². The van der Waals surface area contributed by atoms with Gasteiger partial charge in [-0.05, 0) is 29.8 Å². The van der Waals surface area contributed by atoms with Crippen LogP contribution in [0.2, 0.25) is 0 Å². The van der Waals surface area contributed by atoms with Gasteiger partial charge in [-0.3, -0.25) is 9.59 Å². The lowest BCUT2D eigenvalue weighted by molar-refractivity contribution is -0.118. The molecule has 0 aliphatic carbocycles. The maximum Gasteiger partial charge on any atom is 0.255 e. The largest absolute Gasteiger partial charge is 0.504 e. The zero-order chi connectivity index (χ0) is 25.9. The third kappa shape index (κ3) is 6.89. The number of benzene rings is 3. The van der Waals surface area contributed by atoms with Crippen molar-refractivity contribution in [3.63, 3.8) is 0 Å². The Bertz CT molecular complexity index is 1220. The van der Waals surface area contributed by atoms with Crippen molar-refractivity contribution in [2.75, 3.05) is 26.2 Å². The normalized spacial score (nSPS) is 11.9. The minimum Gasteiger partial charge on any atom is -0.504 e. The lowest BCUT2D eigenvalue weighted by Crippen LogP contribution is -2.34. The number of carbonyl (C=O) groups excluding carboxylic acids is 2. The first-order chi connectivity index (χ1) is 17.4. The summed E-state index contributed by atoms with van der Waals surface area (Å²) < 4.78 is 5.15. The van der Waals surface area contributed by atoms with Crippen molar-refractivity contribution in [1.82, 2.24) is 10.2 Å². The number of para-hydroxylation sites is 2. The molecule has 0 atom stereocenters. The molecule has 0 radical (unpaired) electrons. The summed E-state index contributed by atoms with van der Waals surface area (Å²) >= 11 is 0. The number of phenols is 4. The van der Waals surface area contributed by atoms with Gasteiger partial charge in [-0.2, -0.15) is 0 Å². The molecule has 10 heteroatoms. The van der Waals surface area contributed by atoms with Crippen molar-refractivity contribution in [2.24, 2.45) is 4.99 Å². The first kappa shape index (κ1) is 25.9. The number of phenolic OH excluding ortho intramolecular Hbond substituents is 4. The predicted molar refractivity (Wildman–Crippen MR) is 132 cm³/mol. The molecule has 2 amide bonds. The molecule has 0 saturated carbocycles. The first-order valence-electron chi connectivity index (χ1n) is 11.1. The summed E-state index contributed by atoms with van der Waals surface area (Å²) in [6.45, 7) is 2.16. The second-order valence-corrected chi connectivity index (χ2v) is 7.70. The van der Waals surface area contributed by atoms with E-state index in [2.05, 4.69) is 10.3 Å². The minimum absolute atomic E-state index is 0.00860. The molecule has 188 valence electrons. The van der Waals surface area contributed by atoms with Gasteiger partial charge in [-0.1, -0.05) is 42.5 Å². The number of ether oxygens (including phenoxy) is 1. The molecule has 10 nitrogen and oxygen atoms in total. The number of amides is 2. The molecule has 36 heavy (non-hydrogen) atoms. The molecule has 0 saturated heterocycles. The Kier molecular flexibility index (Phi) is 9.10. The van der Waals surface area contributed by atoms with Crippen LogP contribution in [0.3, 0.4) is 0 Å². The Morgan fingerprint density at radius 1 is 0.944 bits per heavy atom. The first-order valence-corrected chi connectivity index (χ1v) is 11.1. The highest BCUT2D eigenvalue weighted by molar-refractivity contribution is 5.98. The number of aliphatic imine (C=N–C) groups is 1. The highest BCUT2D eigenvalue weighted by Gasteiger charge is 2.16. The van der Waals surface area contributed by atoms with E-state index >= 15 is 0 Å². The summed E-state index contributed by atoms with van der Waals surface area (Å²) in [5.41, 5.74) is 1.43. The van der Waals surface area contributed by atoms with Crippen LogP contribution in [0, 0.1) is 0 Å². The average Bonchev–Trinajstić information content (AvgIpc) is 3.42. The van der Waals surface area contributed by atoms with E-state index in [1.165, 1.54) is 29.2 Å². The van der Waals surface area contributed by atoms with E-state index in [4.69, 9.17) is 4.74 Å². The van der Waals surface area contributed by atoms with Crippen molar-refractivity contribution < 1.29 is 34.8 Å². The molecule has 0 fully saturated rings. The lowest BCUT2D eigenvalue weighted by atomic mass is 10.1. The maximum absolute atomic E-state index is 12.0. The van der Waals surface area contributed by atoms with E-state index in [0.717, 1.165) is 12.0 Å². The quantitative estimate of drug-likeness (QED) is 0.239. The van der Waals surface area contributed by atoms with Gasteiger partial charge in [0.05, 0.1) is 17.7 Å².